The lowest BCUT2D eigenvalue weighted by molar-refractivity contribution is 0.564. The molecule has 0 saturated carbocycles. The molecule has 0 amide bonds. The lowest BCUT2D eigenvalue weighted by atomic mass is 10.3. The van der Waals surface area contributed by atoms with Crippen molar-refractivity contribution in [2.24, 2.45) is 11.0 Å². The number of hydrogen-bond acceptors (Lipinski definition) is 1. The first-order chi connectivity index (χ1) is 4.83. The molecule has 0 fully saturated rings. The van der Waals surface area contributed by atoms with Gasteiger partial charge in [-0.3, -0.25) is 15.6 Å². The third kappa shape index (κ3) is 7.06. The first-order valence-corrected chi connectivity index (χ1v) is 5.75. The zero-order valence-electron chi connectivity index (χ0n) is 6.13. The van der Waals surface area contributed by atoms with Gasteiger partial charge in [-0.25, -0.2) is 5.09 Å². The van der Waals surface area contributed by atoms with Gasteiger partial charge < -0.3 is 0 Å². The largest absolute Gasteiger partial charge is 0.273 e. The number of nitrogens with one attached hydrogen (secondary N) is 1. The van der Waals surface area contributed by atoms with Crippen molar-refractivity contribution >= 4 is 30.8 Å². The first kappa shape index (κ1) is 11.7. The molecule has 68 valence electrons. The van der Waals surface area contributed by atoms with Crippen LogP contribution in [0.25, 0.3) is 0 Å². The maximum atomic E-state index is 10.7. The van der Waals surface area contributed by atoms with Crippen LogP contribution in [-0.2, 0) is 4.57 Å². The maximum Gasteiger partial charge on any atom is 0.273 e. The van der Waals surface area contributed by atoms with Gasteiger partial charge in [0.2, 0.25) is 0 Å². The normalized spacial score (nSPS) is 17.9. The van der Waals surface area contributed by atoms with Crippen LogP contribution in [0.1, 0.15) is 6.92 Å². The second kappa shape index (κ2) is 4.65. The molecule has 5 N–H and O–H groups in total. The number of rotatable bonds is 4. The van der Waals surface area contributed by atoms with Crippen LogP contribution in [0.3, 0.4) is 0 Å². The molecule has 0 aliphatic rings. The molecule has 0 heterocycles. The Morgan fingerprint density at radius 3 is 2.27 bits per heavy atom. The van der Waals surface area contributed by atoms with Gasteiger partial charge in [0.25, 0.3) is 7.59 Å². The molecule has 0 aliphatic heterocycles. The molecule has 0 saturated heterocycles. The third-order valence-corrected chi connectivity index (χ3v) is 2.67. The van der Waals surface area contributed by atoms with E-state index in [0.29, 0.717) is 0 Å². The molecular weight excluding hydrogens is 208 g/mol. The Kier molecular flexibility index (Phi) is 4.94. The predicted octanol–water partition coefficient (Wildman–Crippen LogP) is 0.836. The van der Waals surface area contributed by atoms with Crippen LogP contribution in [-0.4, -0.2) is 17.3 Å². The van der Waals surface area contributed by atoms with E-state index in [9.17, 15) is 4.57 Å². The summed E-state index contributed by atoms with van der Waals surface area (Å²) in [5.41, 5.74) is 10.0. The minimum atomic E-state index is -3.15. The molecule has 2 unspecified atom stereocenters. The lowest BCUT2D eigenvalue weighted by Crippen LogP contribution is -2.31. The van der Waals surface area contributed by atoms with E-state index in [4.69, 9.17) is 34.2 Å². The van der Waals surface area contributed by atoms with E-state index >= 15 is 0 Å². The summed E-state index contributed by atoms with van der Waals surface area (Å²) in [5.74, 6) is 0. The van der Waals surface area contributed by atoms with E-state index in [2.05, 4.69) is 5.09 Å². The van der Waals surface area contributed by atoms with Gasteiger partial charge in [-0.1, -0.05) is 0 Å². The van der Waals surface area contributed by atoms with Crippen LogP contribution in [0.15, 0.2) is 0 Å². The van der Waals surface area contributed by atoms with E-state index < -0.39 is 7.59 Å². The average Bonchev–Trinajstić information content (AvgIpc) is 1.80. The fourth-order valence-corrected chi connectivity index (χ4v) is 1.15. The maximum absolute atomic E-state index is 10.7. The highest BCUT2D eigenvalue weighted by Gasteiger charge is 2.15. The lowest BCUT2D eigenvalue weighted by Gasteiger charge is -2.14. The summed E-state index contributed by atoms with van der Waals surface area (Å²) in [4.78, 5) is 0. The van der Waals surface area contributed by atoms with Gasteiger partial charge in [0.1, 0.15) is 0 Å². The summed E-state index contributed by atoms with van der Waals surface area (Å²) < 4.78 is 10.7. The van der Waals surface area contributed by atoms with E-state index in [1.165, 1.54) is 0 Å². The second-order valence-corrected chi connectivity index (χ2v) is 5.25. The number of alkyl halides is 2. The van der Waals surface area contributed by atoms with E-state index in [0.717, 1.165) is 0 Å². The summed E-state index contributed by atoms with van der Waals surface area (Å²) in [6, 6.07) is 0. The monoisotopic (exact) mass is 219 g/mol. The minimum absolute atomic E-state index is 0.212. The van der Waals surface area contributed by atoms with Gasteiger partial charge in [0.15, 0.2) is 0 Å². The van der Waals surface area contributed by atoms with Crippen LogP contribution < -0.4 is 16.1 Å². The van der Waals surface area contributed by atoms with Gasteiger partial charge in [-0.15, -0.1) is 23.2 Å². The summed E-state index contributed by atoms with van der Waals surface area (Å²) in [5, 5.41) is 1.86. The van der Waals surface area contributed by atoms with Crippen LogP contribution in [0.4, 0.5) is 0 Å². The molecular formula is C4H12Cl2N3OP. The number of hydrogen-bond donors (Lipinski definition) is 3. The predicted molar refractivity (Wildman–Crippen MR) is 48.9 cm³/mol. The van der Waals surface area contributed by atoms with Crippen molar-refractivity contribution in [3.8, 4) is 0 Å². The van der Waals surface area contributed by atoms with Crippen LogP contribution in [0, 0.1) is 0 Å². The first-order valence-electron chi connectivity index (χ1n) is 3.03. The smallest absolute Gasteiger partial charge is 0.271 e. The topological polar surface area (TPSA) is 81.1 Å². The minimum Gasteiger partial charge on any atom is -0.271 e. The standard InChI is InChI=1S/C4H12Cl2N3OP/c1-3(5)4(6)2-9-11(7,8)10/h3-4H,2H2,1H3,(H5,7,8,9,10). The molecule has 0 aliphatic carbocycles. The van der Waals surface area contributed by atoms with Crippen LogP contribution in [0.5, 0.6) is 0 Å². The fourth-order valence-electron chi connectivity index (χ4n) is 0.392. The van der Waals surface area contributed by atoms with Crippen molar-refractivity contribution in [3.63, 3.8) is 0 Å². The molecule has 2 atom stereocenters. The van der Waals surface area contributed by atoms with E-state index in [1.54, 1.807) is 6.92 Å². The van der Waals surface area contributed by atoms with Crippen molar-refractivity contribution in [1.29, 1.82) is 0 Å². The number of halogens is 2. The van der Waals surface area contributed by atoms with E-state index in [1.807, 2.05) is 0 Å². The SMILES string of the molecule is CC(Cl)C(Cl)CNP(N)(N)=O. The highest BCUT2D eigenvalue weighted by Crippen LogP contribution is 2.19. The molecule has 0 rings (SSSR count). The third-order valence-electron chi connectivity index (χ3n) is 1.03. The Morgan fingerprint density at radius 1 is 1.55 bits per heavy atom. The van der Waals surface area contributed by atoms with Gasteiger partial charge in [-0.05, 0) is 6.92 Å². The van der Waals surface area contributed by atoms with Gasteiger partial charge in [0, 0.05) is 11.9 Å². The van der Waals surface area contributed by atoms with Crippen molar-refractivity contribution < 1.29 is 4.57 Å². The Balaban J connectivity index is 3.63. The molecule has 4 nitrogen and oxygen atoms in total. The van der Waals surface area contributed by atoms with Crippen molar-refractivity contribution in [1.82, 2.24) is 5.09 Å². The Hall–Kier alpha value is 0.690. The van der Waals surface area contributed by atoms with Gasteiger partial charge in [0.05, 0.1) is 5.38 Å². The second-order valence-electron chi connectivity index (χ2n) is 2.27. The summed E-state index contributed by atoms with van der Waals surface area (Å²) in [6.07, 6.45) is 0. The highest BCUT2D eigenvalue weighted by atomic mass is 35.5. The zero-order valence-corrected chi connectivity index (χ0v) is 8.53. The molecule has 0 aromatic rings. The molecule has 0 radical (unpaired) electrons. The van der Waals surface area contributed by atoms with Gasteiger partial charge >= 0.3 is 0 Å². The van der Waals surface area contributed by atoms with Crippen molar-refractivity contribution in [3.05, 3.63) is 0 Å². The molecule has 11 heavy (non-hydrogen) atoms. The Morgan fingerprint density at radius 2 is 2.00 bits per heavy atom. The molecule has 0 aromatic heterocycles. The molecule has 0 spiro atoms. The van der Waals surface area contributed by atoms with Crippen LogP contribution in [0.2, 0.25) is 0 Å². The number of nitrogens with two attached hydrogens (primary N) is 2. The van der Waals surface area contributed by atoms with Gasteiger partial charge in [-0.2, -0.15) is 0 Å². The van der Waals surface area contributed by atoms with E-state index in [-0.39, 0.29) is 17.3 Å². The highest BCUT2D eigenvalue weighted by molar-refractivity contribution is 7.56. The zero-order chi connectivity index (χ0) is 9.07. The van der Waals surface area contributed by atoms with Crippen molar-refractivity contribution in [2.45, 2.75) is 17.7 Å². The summed E-state index contributed by atoms with van der Waals surface area (Å²) in [7, 11) is -3.15. The van der Waals surface area contributed by atoms with Crippen molar-refractivity contribution in [2.75, 3.05) is 6.54 Å². The Labute approximate surface area is 76.1 Å². The summed E-state index contributed by atoms with van der Waals surface area (Å²) >= 11 is 11.3. The summed E-state index contributed by atoms with van der Waals surface area (Å²) in [6.45, 7) is 1.98. The van der Waals surface area contributed by atoms with Crippen LogP contribution >= 0.6 is 30.8 Å². The quantitative estimate of drug-likeness (QED) is 0.484. The average molecular weight is 220 g/mol. The molecule has 7 heteroatoms. The fraction of sp³-hybridized carbons (Fsp3) is 1.00. The molecule has 0 bridgehead atoms. The molecule has 0 aromatic carbocycles. The Bertz CT molecular complexity index is 159.